The highest BCUT2D eigenvalue weighted by molar-refractivity contribution is 9.10. The molecule has 26 heavy (non-hydrogen) atoms. The van der Waals surface area contributed by atoms with Gasteiger partial charge in [-0.15, -0.1) is 11.3 Å². The molecule has 2 atom stereocenters. The molecule has 0 aromatic carbocycles. The second kappa shape index (κ2) is 10.1. The number of fused-ring (bicyclic) bond motifs is 1. The van der Waals surface area contributed by atoms with Crippen LogP contribution in [-0.4, -0.2) is 29.1 Å². The Balaban J connectivity index is 0.000000758. The molecule has 0 fully saturated rings. The van der Waals surface area contributed by atoms with Gasteiger partial charge in [0.05, 0.1) is 20.4 Å². The molecule has 0 saturated carbocycles. The molecule has 0 saturated heterocycles. The maximum Gasteiger partial charge on any atom is 0.290 e. The molecule has 0 unspecified atom stereocenters. The number of nitrogens with one attached hydrogen (secondary N) is 1. The number of hydrogen-bond donors (Lipinski definition) is 3. The van der Waals surface area contributed by atoms with E-state index in [1.54, 1.807) is 11.3 Å². The fourth-order valence-electron chi connectivity index (χ4n) is 2.82. The average molecular weight is 459 g/mol. The first kappa shape index (κ1) is 20.9. The van der Waals surface area contributed by atoms with Crippen LogP contribution in [0.3, 0.4) is 0 Å². The van der Waals surface area contributed by atoms with Crippen LogP contribution < -0.4 is 11.1 Å². The second-order valence-electron chi connectivity index (χ2n) is 5.72. The Morgan fingerprint density at radius 1 is 1.50 bits per heavy atom. The first-order chi connectivity index (χ1) is 12.5. The Morgan fingerprint density at radius 3 is 2.85 bits per heavy atom. The van der Waals surface area contributed by atoms with E-state index >= 15 is 0 Å². The molecule has 1 aliphatic rings. The lowest BCUT2D eigenvalue weighted by Crippen LogP contribution is -2.29. The van der Waals surface area contributed by atoms with Crippen LogP contribution in [-0.2, 0) is 4.79 Å². The van der Waals surface area contributed by atoms with Gasteiger partial charge in [-0.2, -0.15) is 0 Å². The number of thiophene rings is 1. The SMILES string of the molecule is C/C=C/CNc1cc(Cl)nc2c(Br)c([C@@H]3CC=CC[C@H]3N)sc12.O=CO. The van der Waals surface area contributed by atoms with Gasteiger partial charge in [0.2, 0.25) is 0 Å². The van der Waals surface area contributed by atoms with E-state index in [2.05, 4.69) is 44.5 Å². The molecule has 3 rings (SSSR count). The van der Waals surface area contributed by atoms with E-state index in [0.29, 0.717) is 11.1 Å². The number of pyridine rings is 1. The number of hydrogen-bond acceptors (Lipinski definition) is 5. The van der Waals surface area contributed by atoms with E-state index in [1.165, 1.54) is 4.88 Å². The third-order valence-electron chi connectivity index (χ3n) is 4.04. The number of carbonyl (C=O) groups is 1. The Morgan fingerprint density at radius 2 is 2.19 bits per heavy atom. The van der Waals surface area contributed by atoms with Crippen molar-refractivity contribution in [2.75, 3.05) is 11.9 Å². The van der Waals surface area contributed by atoms with E-state index in [0.717, 1.165) is 39.8 Å². The average Bonchev–Trinajstić information content (AvgIpc) is 2.93. The molecule has 5 nitrogen and oxygen atoms in total. The Kier molecular flexibility index (Phi) is 8.09. The number of nitrogens with zero attached hydrogens (tertiary/aromatic N) is 1. The summed E-state index contributed by atoms with van der Waals surface area (Å²) >= 11 is 11.7. The highest BCUT2D eigenvalue weighted by Gasteiger charge is 2.27. The van der Waals surface area contributed by atoms with Crippen LogP contribution in [0, 0.1) is 0 Å². The minimum atomic E-state index is -0.250. The van der Waals surface area contributed by atoms with Crippen molar-refractivity contribution in [3.8, 4) is 0 Å². The van der Waals surface area contributed by atoms with Gasteiger partial charge in [0.25, 0.3) is 6.47 Å². The largest absolute Gasteiger partial charge is 0.483 e. The Bertz CT molecular complexity index is 822. The van der Waals surface area contributed by atoms with Crippen molar-refractivity contribution in [2.24, 2.45) is 5.73 Å². The van der Waals surface area contributed by atoms with Crippen molar-refractivity contribution in [3.05, 3.63) is 44.9 Å². The number of aromatic nitrogens is 1. The summed E-state index contributed by atoms with van der Waals surface area (Å²) in [5.41, 5.74) is 8.27. The molecular formula is C18H21BrClN3O2S. The van der Waals surface area contributed by atoms with Crippen LogP contribution in [0.4, 0.5) is 5.69 Å². The van der Waals surface area contributed by atoms with Crippen LogP contribution in [0.5, 0.6) is 0 Å². The topological polar surface area (TPSA) is 88.2 Å². The summed E-state index contributed by atoms with van der Waals surface area (Å²) in [6.45, 7) is 2.52. The van der Waals surface area contributed by atoms with Crippen molar-refractivity contribution < 1.29 is 9.90 Å². The minimum absolute atomic E-state index is 0.152. The summed E-state index contributed by atoms with van der Waals surface area (Å²) in [6, 6.07) is 2.04. The van der Waals surface area contributed by atoms with Crippen LogP contribution in [0.2, 0.25) is 5.15 Å². The molecular weight excluding hydrogens is 438 g/mol. The van der Waals surface area contributed by atoms with E-state index in [9.17, 15) is 0 Å². The van der Waals surface area contributed by atoms with Gasteiger partial charge in [0.1, 0.15) is 5.15 Å². The standard InChI is InChI=1S/C17H19BrClN3S.CH2O2/c1-2-3-8-21-12-9-13(19)22-15-14(18)16(23-17(12)15)10-6-4-5-7-11(10)20;2-1-3/h2-5,9-11H,6-8,20H2,1H3,(H,21,22);1H,(H,2,3)/b3-2+;/t10-,11-;/m1./s1. The van der Waals surface area contributed by atoms with Crippen molar-refractivity contribution >= 4 is 61.2 Å². The number of allylic oxidation sites excluding steroid dienone is 2. The molecule has 0 spiro atoms. The lowest BCUT2D eigenvalue weighted by Gasteiger charge is -2.24. The molecule has 140 valence electrons. The van der Waals surface area contributed by atoms with Gasteiger partial charge in [0.15, 0.2) is 0 Å². The van der Waals surface area contributed by atoms with E-state index in [-0.39, 0.29) is 12.5 Å². The Hall–Kier alpha value is -1.41. The number of rotatable bonds is 4. The van der Waals surface area contributed by atoms with Gasteiger partial charge in [0, 0.05) is 29.4 Å². The van der Waals surface area contributed by atoms with Crippen molar-refractivity contribution in [1.29, 1.82) is 0 Å². The molecule has 1 aliphatic carbocycles. The summed E-state index contributed by atoms with van der Waals surface area (Å²) in [7, 11) is 0. The smallest absolute Gasteiger partial charge is 0.290 e. The van der Waals surface area contributed by atoms with Crippen LogP contribution in [0.25, 0.3) is 10.2 Å². The van der Waals surface area contributed by atoms with Crippen LogP contribution >= 0.6 is 38.9 Å². The number of anilines is 1. The third kappa shape index (κ3) is 4.85. The predicted octanol–water partition coefficient (Wildman–Crippen LogP) is 5.16. The lowest BCUT2D eigenvalue weighted by molar-refractivity contribution is -0.122. The van der Waals surface area contributed by atoms with E-state index in [1.807, 2.05) is 19.1 Å². The molecule has 0 radical (unpaired) electrons. The third-order valence-corrected chi connectivity index (χ3v) is 6.65. The van der Waals surface area contributed by atoms with Crippen molar-refractivity contribution in [3.63, 3.8) is 0 Å². The summed E-state index contributed by atoms with van der Waals surface area (Å²) < 4.78 is 2.16. The van der Waals surface area contributed by atoms with Crippen LogP contribution in [0.15, 0.2) is 34.8 Å². The van der Waals surface area contributed by atoms with Crippen molar-refractivity contribution in [1.82, 2.24) is 4.98 Å². The zero-order valence-electron chi connectivity index (χ0n) is 14.3. The molecule has 0 aliphatic heterocycles. The van der Waals surface area contributed by atoms with E-state index < -0.39 is 0 Å². The normalized spacial score (nSPS) is 19.4. The van der Waals surface area contributed by atoms with E-state index in [4.69, 9.17) is 27.2 Å². The number of halogens is 2. The molecule has 8 heteroatoms. The molecule has 0 bridgehead atoms. The molecule has 2 aromatic rings. The van der Waals surface area contributed by atoms with Gasteiger partial charge >= 0.3 is 0 Å². The van der Waals surface area contributed by atoms with Crippen LogP contribution in [0.1, 0.15) is 30.6 Å². The molecule has 2 aromatic heterocycles. The van der Waals surface area contributed by atoms with Gasteiger partial charge in [-0.25, -0.2) is 4.98 Å². The van der Waals surface area contributed by atoms with Crippen molar-refractivity contribution in [2.45, 2.75) is 31.7 Å². The summed E-state index contributed by atoms with van der Waals surface area (Å²) in [4.78, 5) is 14.1. The summed E-state index contributed by atoms with van der Waals surface area (Å²) in [5, 5.41) is 10.8. The molecule has 2 heterocycles. The van der Waals surface area contributed by atoms with Gasteiger partial charge in [-0.3, -0.25) is 4.79 Å². The number of carboxylic acid groups (broad SMARTS) is 1. The highest BCUT2D eigenvalue weighted by Crippen LogP contribution is 2.45. The minimum Gasteiger partial charge on any atom is -0.483 e. The highest BCUT2D eigenvalue weighted by atomic mass is 79.9. The zero-order chi connectivity index (χ0) is 19.1. The summed E-state index contributed by atoms with van der Waals surface area (Å²) in [5.74, 6) is 0.329. The van der Waals surface area contributed by atoms with Gasteiger partial charge < -0.3 is 16.2 Å². The van der Waals surface area contributed by atoms with Gasteiger partial charge in [-0.05, 0) is 35.7 Å². The quantitative estimate of drug-likeness (QED) is 0.334. The number of nitrogens with two attached hydrogens (primary N) is 1. The fourth-order valence-corrected chi connectivity index (χ4v) is 5.28. The maximum atomic E-state index is 8.36. The molecule has 0 amide bonds. The summed E-state index contributed by atoms with van der Waals surface area (Å²) in [6.07, 6.45) is 10.4. The first-order valence-electron chi connectivity index (χ1n) is 8.15. The monoisotopic (exact) mass is 457 g/mol. The zero-order valence-corrected chi connectivity index (χ0v) is 17.4. The maximum absolute atomic E-state index is 8.36. The predicted molar refractivity (Wildman–Crippen MR) is 113 cm³/mol. The molecule has 4 N–H and O–H groups in total. The first-order valence-corrected chi connectivity index (χ1v) is 10.1. The second-order valence-corrected chi connectivity index (χ2v) is 7.95. The fraction of sp³-hybridized carbons (Fsp3) is 0.333. The Labute approximate surface area is 170 Å². The van der Waals surface area contributed by atoms with Gasteiger partial charge in [-0.1, -0.05) is 35.9 Å². The lowest BCUT2D eigenvalue weighted by atomic mass is 9.88.